The normalized spacial score (nSPS) is 19.3. The molecule has 1 heterocycles. The van der Waals surface area contributed by atoms with Crippen LogP contribution in [-0.2, 0) is 16.4 Å². The van der Waals surface area contributed by atoms with Gasteiger partial charge in [-0.05, 0) is 36.5 Å². The van der Waals surface area contributed by atoms with E-state index in [0.717, 1.165) is 25.1 Å². The number of halogens is 1. The lowest BCUT2D eigenvalue weighted by molar-refractivity contribution is 0.270. The molecule has 7 heteroatoms. The van der Waals surface area contributed by atoms with Crippen molar-refractivity contribution in [3.8, 4) is 0 Å². The van der Waals surface area contributed by atoms with Gasteiger partial charge in [0, 0.05) is 13.1 Å². The van der Waals surface area contributed by atoms with Gasteiger partial charge < -0.3 is 10.6 Å². The molecule has 1 saturated heterocycles. The van der Waals surface area contributed by atoms with Gasteiger partial charge in [-0.1, -0.05) is 26.0 Å². The second kappa shape index (κ2) is 8.86. The quantitative estimate of drug-likeness (QED) is 0.434. The molecule has 23 heavy (non-hydrogen) atoms. The van der Waals surface area contributed by atoms with Gasteiger partial charge in [-0.15, -0.1) is 24.0 Å². The van der Waals surface area contributed by atoms with E-state index in [9.17, 15) is 8.42 Å². The number of sulfone groups is 1. The fourth-order valence-electron chi connectivity index (χ4n) is 2.64. The van der Waals surface area contributed by atoms with Crippen molar-refractivity contribution >= 4 is 39.8 Å². The standard InChI is InChI=1S/C16H25N3O2S.HI/c1-3-22(20,21)15-8-6-14(7-9-15)11-18-16(17)19-10-4-5-13(2)12-19;/h6-9,13H,3-5,10-12H2,1-2H3,(H2,17,18);1H. The first-order chi connectivity index (χ1) is 10.4. The molecule has 2 N–H and O–H groups in total. The van der Waals surface area contributed by atoms with Crippen LogP contribution in [0.1, 0.15) is 32.3 Å². The molecule has 0 amide bonds. The van der Waals surface area contributed by atoms with Crippen molar-refractivity contribution in [3.05, 3.63) is 29.8 Å². The van der Waals surface area contributed by atoms with Gasteiger partial charge in [-0.2, -0.15) is 0 Å². The van der Waals surface area contributed by atoms with E-state index >= 15 is 0 Å². The zero-order valence-electron chi connectivity index (χ0n) is 13.7. The summed E-state index contributed by atoms with van der Waals surface area (Å²) in [6.07, 6.45) is 2.40. The number of hydrogen-bond acceptors (Lipinski definition) is 3. The minimum Gasteiger partial charge on any atom is -0.370 e. The molecule has 0 bridgehead atoms. The van der Waals surface area contributed by atoms with Crippen molar-refractivity contribution in [1.82, 2.24) is 4.90 Å². The van der Waals surface area contributed by atoms with E-state index in [1.807, 2.05) is 0 Å². The second-order valence-electron chi connectivity index (χ2n) is 5.92. The Labute approximate surface area is 156 Å². The third-order valence-corrected chi connectivity index (χ3v) is 5.82. The number of nitrogens with two attached hydrogens (primary N) is 1. The van der Waals surface area contributed by atoms with Crippen molar-refractivity contribution in [2.75, 3.05) is 18.8 Å². The zero-order chi connectivity index (χ0) is 16.2. The molecule has 1 unspecified atom stereocenters. The van der Waals surface area contributed by atoms with E-state index in [1.165, 1.54) is 6.42 Å². The van der Waals surface area contributed by atoms with Crippen molar-refractivity contribution in [1.29, 1.82) is 0 Å². The average molecular weight is 451 g/mol. The Kier molecular flexibility index (Phi) is 7.79. The molecule has 130 valence electrons. The number of likely N-dealkylation sites (tertiary alicyclic amines) is 1. The minimum atomic E-state index is -3.14. The summed E-state index contributed by atoms with van der Waals surface area (Å²) in [4.78, 5) is 6.93. The Balaban J connectivity index is 0.00000264. The predicted octanol–water partition coefficient (Wildman–Crippen LogP) is 2.64. The molecule has 1 atom stereocenters. The van der Waals surface area contributed by atoms with E-state index in [2.05, 4.69) is 16.8 Å². The first-order valence-electron chi connectivity index (χ1n) is 7.79. The summed E-state index contributed by atoms with van der Waals surface area (Å²) in [6.45, 7) is 6.28. The molecule has 0 spiro atoms. The number of piperidine rings is 1. The lowest BCUT2D eigenvalue weighted by Gasteiger charge is -2.31. The van der Waals surface area contributed by atoms with Crippen LogP contribution >= 0.6 is 24.0 Å². The molecule has 0 aromatic heterocycles. The van der Waals surface area contributed by atoms with Crippen molar-refractivity contribution < 1.29 is 8.42 Å². The number of aliphatic imine (C=N–C) groups is 1. The lowest BCUT2D eigenvalue weighted by Crippen LogP contribution is -2.43. The largest absolute Gasteiger partial charge is 0.370 e. The summed E-state index contributed by atoms with van der Waals surface area (Å²) in [5, 5.41) is 0. The monoisotopic (exact) mass is 451 g/mol. The Morgan fingerprint density at radius 3 is 2.57 bits per heavy atom. The lowest BCUT2D eigenvalue weighted by atomic mass is 10.0. The molecule has 1 fully saturated rings. The first-order valence-corrected chi connectivity index (χ1v) is 9.44. The molecule has 5 nitrogen and oxygen atoms in total. The van der Waals surface area contributed by atoms with E-state index in [4.69, 9.17) is 5.73 Å². The highest BCUT2D eigenvalue weighted by Crippen LogP contribution is 2.16. The maximum absolute atomic E-state index is 11.8. The summed E-state index contributed by atoms with van der Waals surface area (Å²) in [5.74, 6) is 1.35. The van der Waals surface area contributed by atoms with Gasteiger partial charge in [-0.25, -0.2) is 13.4 Å². The fourth-order valence-corrected chi connectivity index (χ4v) is 3.52. The number of rotatable bonds is 4. The van der Waals surface area contributed by atoms with Crippen LogP contribution in [0.5, 0.6) is 0 Å². The van der Waals surface area contributed by atoms with Crippen LogP contribution in [-0.4, -0.2) is 38.1 Å². The summed E-state index contributed by atoms with van der Waals surface area (Å²) in [6, 6.07) is 6.89. The van der Waals surface area contributed by atoms with E-state index in [1.54, 1.807) is 31.2 Å². The van der Waals surface area contributed by atoms with Crippen LogP contribution in [0.3, 0.4) is 0 Å². The van der Waals surface area contributed by atoms with Crippen LogP contribution in [0.15, 0.2) is 34.2 Å². The summed E-state index contributed by atoms with van der Waals surface area (Å²) in [7, 11) is -3.14. The number of hydrogen-bond donors (Lipinski definition) is 1. The average Bonchev–Trinajstić information content (AvgIpc) is 2.53. The molecule has 1 aliphatic heterocycles. The molecule has 0 saturated carbocycles. The van der Waals surface area contributed by atoms with Crippen molar-refractivity contribution in [3.63, 3.8) is 0 Å². The number of guanidine groups is 1. The van der Waals surface area contributed by atoms with E-state index < -0.39 is 9.84 Å². The third-order valence-electron chi connectivity index (χ3n) is 4.07. The van der Waals surface area contributed by atoms with Gasteiger partial charge in [0.15, 0.2) is 15.8 Å². The topological polar surface area (TPSA) is 75.8 Å². The Morgan fingerprint density at radius 1 is 1.35 bits per heavy atom. The molecular weight excluding hydrogens is 425 g/mol. The fraction of sp³-hybridized carbons (Fsp3) is 0.562. The zero-order valence-corrected chi connectivity index (χ0v) is 16.9. The highest BCUT2D eigenvalue weighted by atomic mass is 127. The summed E-state index contributed by atoms with van der Waals surface area (Å²) in [5.41, 5.74) is 7.02. The molecule has 0 aliphatic carbocycles. The van der Waals surface area contributed by atoms with Crippen LogP contribution < -0.4 is 5.73 Å². The van der Waals surface area contributed by atoms with E-state index in [0.29, 0.717) is 23.3 Å². The van der Waals surface area contributed by atoms with Gasteiger partial charge >= 0.3 is 0 Å². The Bertz CT molecular complexity index is 629. The van der Waals surface area contributed by atoms with Gasteiger partial charge in [0.1, 0.15) is 0 Å². The molecular formula is C16H26IN3O2S. The minimum absolute atomic E-state index is 0. The van der Waals surface area contributed by atoms with Gasteiger partial charge in [-0.3, -0.25) is 0 Å². The van der Waals surface area contributed by atoms with Gasteiger partial charge in [0.2, 0.25) is 0 Å². The van der Waals surface area contributed by atoms with Crippen molar-refractivity contribution in [2.45, 2.75) is 38.1 Å². The third kappa shape index (κ3) is 5.63. The number of nitrogens with zero attached hydrogens (tertiary/aromatic N) is 2. The molecule has 1 aromatic rings. The second-order valence-corrected chi connectivity index (χ2v) is 8.19. The highest BCUT2D eigenvalue weighted by molar-refractivity contribution is 14.0. The number of benzene rings is 1. The molecule has 2 rings (SSSR count). The SMILES string of the molecule is CCS(=O)(=O)c1ccc(CN=C(N)N2CCCC(C)C2)cc1.I. The maximum Gasteiger partial charge on any atom is 0.191 e. The van der Waals surface area contributed by atoms with Crippen LogP contribution in [0.4, 0.5) is 0 Å². The predicted molar refractivity (Wildman–Crippen MR) is 105 cm³/mol. The summed E-state index contributed by atoms with van der Waals surface area (Å²) < 4.78 is 23.5. The van der Waals surface area contributed by atoms with Gasteiger partial charge in [0.05, 0.1) is 17.2 Å². The highest BCUT2D eigenvalue weighted by Gasteiger charge is 2.17. The van der Waals surface area contributed by atoms with Crippen molar-refractivity contribution in [2.24, 2.45) is 16.6 Å². The van der Waals surface area contributed by atoms with E-state index in [-0.39, 0.29) is 29.7 Å². The van der Waals surface area contributed by atoms with Crippen LogP contribution in [0.2, 0.25) is 0 Å². The molecule has 1 aliphatic rings. The first kappa shape index (κ1) is 20.2. The maximum atomic E-state index is 11.8. The Hall–Kier alpha value is -0.830. The Morgan fingerprint density at radius 2 is 2.00 bits per heavy atom. The van der Waals surface area contributed by atoms with Crippen LogP contribution in [0, 0.1) is 5.92 Å². The van der Waals surface area contributed by atoms with Gasteiger partial charge in [0.25, 0.3) is 0 Å². The summed E-state index contributed by atoms with van der Waals surface area (Å²) >= 11 is 0. The van der Waals surface area contributed by atoms with Crippen LogP contribution in [0.25, 0.3) is 0 Å². The molecule has 1 aromatic carbocycles. The molecule has 0 radical (unpaired) electrons. The smallest absolute Gasteiger partial charge is 0.191 e.